The molecule has 1 fully saturated rings. The molecule has 0 N–H and O–H groups in total. The maximum Gasteiger partial charge on any atom is 0.246 e. The number of hydrogen-bond acceptors (Lipinski definition) is 2. The van der Waals surface area contributed by atoms with Crippen LogP contribution in [0.1, 0.15) is 38.2 Å². The van der Waals surface area contributed by atoms with Crippen LogP contribution in [-0.4, -0.2) is 48.9 Å². The normalized spacial score (nSPS) is 21.4. The van der Waals surface area contributed by atoms with E-state index in [0.717, 1.165) is 41.9 Å². The van der Waals surface area contributed by atoms with Crippen LogP contribution < -0.4 is 0 Å². The number of carbonyl (C=O) groups excluding carboxylic acids is 1. The van der Waals surface area contributed by atoms with Crippen molar-refractivity contribution in [3.05, 3.63) is 40.4 Å². The molecule has 0 aromatic heterocycles. The van der Waals surface area contributed by atoms with E-state index < -0.39 is 0 Å². The minimum absolute atomic E-state index is 0.138. The number of hydrogen-bond donors (Lipinski definition) is 0. The highest BCUT2D eigenvalue weighted by atomic mass is 79.9. The van der Waals surface area contributed by atoms with Gasteiger partial charge in [-0.1, -0.05) is 35.0 Å². The molecule has 132 valence electrons. The van der Waals surface area contributed by atoms with Crippen LogP contribution in [-0.2, 0) is 4.79 Å². The molecule has 0 radical (unpaired) electrons. The van der Waals surface area contributed by atoms with Gasteiger partial charge in [0, 0.05) is 29.7 Å². The van der Waals surface area contributed by atoms with Crippen LogP contribution in [0.4, 0.5) is 0 Å². The molecular weight excluding hydrogens is 364 g/mol. The molecule has 1 saturated carbocycles. The molecule has 0 spiro atoms. The van der Waals surface area contributed by atoms with Crippen molar-refractivity contribution in [1.29, 1.82) is 0 Å². The molecular formula is C20H29BrN2O. The summed E-state index contributed by atoms with van der Waals surface area (Å²) in [5, 5.41) is 0. The third-order valence-corrected chi connectivity index (χ3v) is 5.31. The maximum absolute atomic E-state index is 12.8. The monoisotopic (exact) mass is 392 g/mol. The van der Waals surface area contributed by atoms with Crippen molar-refractivity contribution in [3.63, 3.8) is 0 Å². The van der Waals surface area contributed by atoms with E-state index in [0.29, 0.717) is 6.04 Å². The number of amides is 1. The fourth-order valence-corrected chi connectivity index (χ4v) is 3.44. The Morgan fingerprint density at radius 2 is 1.75 bits per heavy atom. The van der Waals surface area contributed by atoms with Gasteiger partial charge in [0.1, 0.15) is 0 Å². The summed E-state index contributed by atoms with van der Waals surface area (Å²) in [5.74, 6) is 0.935. The maximum atomic E-state index is 12.8. The summed E-state index contributed by atoms with van der Waals surface area (Å²) >= 11 is 3.44. The van der Waals surface area contributed by atoms with Gasteiger partial charge in [-0.15, -0.1) is 0 Å². The molecule has 1 aliphatic carbocycles. The third kappa shape index (κ3) is 6.06. The highest BCUT2D eigenvalue weighted by molar-refractivity contribution is 9.10. The first-order valence-electron chi connectivity index (χ1n) is 8.84. The summed E-state index contributed by atoms with van der Waals surface area (Å²) in [6, 6.07) is 8.41. The Labute approximate surface area is 154 Å². The lowest BCUT2D eigenvalue weighted by atomic mass is 9.86. The Balaban J connectivity index is 2.04. The van der Waals surface area contributed by atoms with E-state index in [4.69, 9.17) is 0 Å². The van der Waals surface area contributed by atoms with Crippen LogP contribution in [0.3, 0.4) is 0 Å². The van der Waals surface area contributed by atoms with Gasteiger partial charge in [0.15, 0.2) is 0 Å². The quantitative estimate of drug-likeness (QED) is 0.668. The van der Waals surface area contributed by atoms with Crippen molar-refractivity contribution >= 4 is 27.9 Å². The fourth-order valence-electron chi connectivity index (χ4n) is 3.17. The molecule has 1 aromatic carbocycles. The van der Waals surface area contributed by atoms with Crippen molar-refractivity contribution in [2.24, 2.45) is 5.92 Å². The standard InChI is InChI=1S/C20H29BrN2O/c1-16-4-11-19(12-5-16)23(15-14-22(2)3)20(24)13-8-17-6-9-18(21)10-7-17/h6-10,13,16,19H,4-5,11-12,14-15H2,1-3H3/b13-8+. The van der Waals surface area contributed by atoms with Crippen molar-refractivity contribution in [3.8, 4) is 0 Å². The van der Waals surface area contributed by atoms with Gasteiger partial charge < -0.3 is 9.80 Å². The van der Waals surface area contributed by atoms with Crippen molar-refractivity contribution in [1.82, 2.24) is 9.80 Å². The summed E-state index contributed by atoms with van der Waals surface area (Å²) in [7, 11) is 4.12. The van der Waals surface area contributed by atoms with Gasteiger partial charge in [-0.3, -0.25) is 4.79 Å². The van der Waals surface area contributed by atoms with Crippen LogP contribution >= 0.6 is 15.9 Å². The highest BCUT2D eigenvalue weighted by Crippen LogP contribution is 2.27. The first-order valence-corrected chi connectivity index (χ1v) is 9.64. The molecule has 1 aliphatic rings. The molecule has 2 rings (SSSR count). The largest absolute Gasteiger partial charge is 0.335 e. The minimum atomic E-state index is 0.138. The Morgan fingerprint density at radius 1 is 1.12 bits per heavy atom. The van der Waals surface area contributed by atoms with E-state index in [1.807, 2.05) is 30.3 Å². The topological polar surface area (TPSA) is 23.6 Å². The van der Waals surface area contributed by atoms with Gasteiger partial charge in [-0.2, -0.15) is 0 Å². The molecule has 3 nitrogen and oxygen atoms in total. The number of carbonyl (C=O) groups is 1. The summed E-state index contributed by atoms with van der Waals surface area (Å²) in [6.07, 6.45) is 8.37. The second-order valence-corrected chi connectivity index (χ2v) is 8.05. The van der Waals surface area contributed by atoms with Gasteiger partial charge in [0.05, 0.1) is 0 Å². The fraction of sp³-hybridized carbons (Fsp3) is 0.550. The van der Waals surface area contributed by atoms with Crippen LogP contribution in [0.2, 0.25) is 0 Å². The molecule has 0 heterocycles. The molecule has 0 bridgehead atoms. The van der Waals surface area contributed by atoms with E-state index in [9.17, 15) is 4.79 Å². The zero-order valence-electron chi connectivity index (χ0n) is 15.0. The zero-order chi connectivity index (χ0) is 17.5. The van der Waals surface area contributed by atoms with Gasteiger partial charge in [0.2, 0.25) is 5.91 Å². The summed E-state index contributed by atoms with van der Waals surface area (Å²) < 4.78 is 1.05. The molecule has 0 saturated heterocycles. The smallest absolute Gasteiger partial charge is 0.246 e. The van der Waals surface area contributed by atoms with Crippen molar-refractivity contribution in [2.75, 3.05) is 27.2 Å². The van der Waals surface area contributed by atoms with Crippen molar-refractivity contribution < 1.29 is 4.79 Å². The highest BCUT2D eigenvalue weighted by Gasteiger charge is 2.26. The number of benzene rings is 1. The van der Waals surface area contributed by atoms with E-state index in [-0.39, 0.29) is 5.91 Å². The predicted octanol–water partition coefficient (Wildman–Crippen LogP) is 4.43. The minimum Gasteiger partial charge on any atom is -0.335 e. The van der Waals surface area contributed by atoms with E-state index >= 15 is 0 Å². The van der Waals surface area contributed by atoms with Crippen LogP contribution in [0.15, 0.2) is 34.8 Å². The van der Waals surface area contributed by atoms with E-state index in [1.165, 1.54) is 12.8 Å². The van der Waals surface area contributed by atoms with Gasteiger partial charge in [-0.05, 0) is 69.5 Å². The Kier molecular flexibility index (Phi) is 7.50. The average Bonchev–Trinajstić information content (AvgIpc) is 2.56. The lowest BCUT2D eigenvalue weighted by Gasteiger charge is -2.36. The SMILES string of the molecule is CC1CCC(N(CCN(C)C)C(=O)/C=C/c2ccc(Br)cc2)CC1. The molecule has 0 atom stereocenters. The average molecular weight is 393 g/mol. The van der Waals surface area contributed by atoms with Crippen LogP contribution in [0.5, 0.6) is 0 Å². The first kappa shape index (κ1) is 19.2. The molecule has 1 amide bonds. The lowest BCUT2D eigenvalue weighted by Crippen LogP contribution is -2.44. The molecule has 0 aliphatic heterocycles. The second kappa shape index (κ2) is 9.38. The molecule has 0 unspecified atom stereocenters. The number of halogens is 1. The molecule has 24 heavy (non-hydrogen) atoms. The summed E-state index contributed by atoms with van der Waals surface area (Å²) in [6.45, 7) is 4.02. The lowest BCUT2D eigenvalue weighted by molar-refractivity contribution is -0.129. The summed E-state index contributed by atoms with van der Waals surface area (Å²) in [5.41, 5.74) is 1.05. The first-order chi connectivity index (χ1) is 11.5. The summed E-state index contributed by atoms with van der Waals surface area (Å²) in [4.78, 5) is 17.0. The Hall–Kier alpha value is -1.13. The van der Waals surface area contributed by atoms with Crippen LogP contribution in [0.25, 0.3) is 6.08 Å². The molecule has 4 heteroatoms. The van der Waals surface area contributed by atoms with E-state index in [2.05, 4.69) is 46.7 Å². The van der Waals surface area contributed by atoms with Crippen LogP contribution in [0, 0.1) is 5.92 Å². The number of likely N-dealkylation sites (N-methyl/N-ethyl adjacent to an activating group) is 1. The number of nitrogens with zero attached hydrogens (tertiary/aromatic N) is 2. The molecule has 1 aromatic rings. The Morgan fingerprint density at radius 3 is 2.33 bits per heavy atom. The van der Waals surface area contributed by atoms with E-state index in [1.54, 1.807) is 6.08 Å². The van der Waals surface area contributed by atoms with Gasteiger partial charge >= 0.3 is 0 Å². The van der Waals surface area contributed by atoms with Gasteiger partial charge in [0.25, 0.3) is 0 Å². The second-order valence-electron chi connectivity index (χ2n) is 7.13. The Bertz CT molecular complexity index is 545. The zero-order valence-corrected chi connectivity index (χ0v) is 16.6. The third-order valence-electron chi connectivity index (χ3n) is 4.79. The van der Waals surface area contributed by atoms with Gasteiger partial charge in [-0.25, -0.2) is 0 Å². The number of rotatable bonds is 6. The van der Waals surface area contributed by atoms with Crippen molar-refractivity contribution in [2.45, 2.75) is 38.6 Å². The predicted molar refractivity (Wildman–Crippen MR) is 105 cm³/mol.